The van der Waals surface area contributed by atoms with Crippen LogP contribution in [0.15, 0.2) is 0 Å². The van der Waals surface area contributed by atoms with Gasteiger partial charge in [0.2, 0.25) is 11.8 Å². The van der Waals surface area contributed by atoms with Crippen LogP contribution >= 0.6 is 0 Å². The topological polar surface area (TPSA) is 164 Å². The van der Waals surface area contributed by atoms with E-state index in [1.54, 1.807) is 13.8 Å². The highest BCUT2D eigenvalue weighted by Crippen LogP contribution is 2.13. The number of rotatable bonds is 8. The van der Waals surface area contributed by atoms with Crippen LogP contribution in [0.4, 0.5) is 0 Å². The lowest BCUT2D eigenvalue weighted by Crippen LogP contribution is -2.61. The van der Waals surface area contributed by atoms with Gasteiger partial charge in [0.05, 0.1) is 18.2 Å². The Morgan fingerprint density at radius 3 is 1.78 bits per heavy atom. The van der Waals surface area contributed by atoms with Crippen molar-refractivity contribution in [3.8, 4) is 0 Å². The predicted molar refractivity (Wildman–Crippen MR) is 81.0 cm³/mol. The maximum absolute atomic E-state index is 12.4. The minimum absolute atomic E-state index is 0.308. The highest BCUT2D eigenvalue weighted by molar-refractivity contribution is 6.12. The first-order valence-corrected chi connectivity index (χ1v) is 7.23. The summed E-state index contributed by atoms with van der Waals surface area (Å²) < 4.78 is 0. The molecule has 0 saturated carbocycles. The zero-order valence-corrected chi connectivity index (χ0v) is 13.7. The molecule has 23 heavy (non-hydrogen) atoms. The molecule has 132 valence electrons. The number of nitrogens with two attached hydrogens (primary N) is 2. The summed E-state index contributed by atoms with van der Waals surface area (Å²) in [5, 5.41) is 18.6. The number of Topliss-reactive ketones (excluding diaryl/α,β-unsaturated/α-hetero) is 1. The Morgan fingerprint density at radius 2 is 1.48 bits per heavy atom. The second kappa shape index (κ2) is 8.70. The number of ketones is 1. The minimum atomic E-state index is -2.07. The van der Waals surface area contributed by atoms with E-state index in [2.05, 4.69) is 0 Å². The molecule has 0 aromatic carbocycles. The van der Waals surface area contributed by atoms with Gasteiger partial charge in [0.15, 0.2) is 11.8 Å². The number of amides is 2. The van der Waals surface area contributed by atoms with Gasteiger partial charge in [0.25, 0.3) is 0 Å². The summed E-state index contributed by atoms with van der Waals surface area (Å²) in [7, 11) is 0. The second-order valence-electron chi connectivity index (χ2n) is 5.87. The molecule has 2 amide bonds. The number of hydrogen-bond donors (Lipinski definition) is 4. The molecule has 4 unspecified atom stereocenters. The summed E-state index contributed by atoms with van der Waals surface area (Å²) >= 11 is 0. The molecule has 9 heteroatoms. The molecule has 0 bridgehead atoms. The maximum Gasteiger partial charge on any atom is 0.334 e. The van der Waals surface area contributed by atoms with Crippen molar-refractivity contribution in [3.63, 3.8) is 0 Å². The van der Waals surface area contributed by atoms with Crippen LogP contribution < -0.4 is 11.5 Å². The SMILES string of the molecule is CC(O)CC(=O)C(C(=O)O)N(C(=O)C(C)N)C(=O)C(N)C(C)C. The standard InChI is InChI=1S/C14H25N3O6/c1-6(2)10(16)13(21)17(12(20)8(4)15)11(14(22)23)9(19)5-7(3)18/h6-8,10-11,18H,5,15-16H2,1-4H3,(H,22,23). The first kappa shape index (κ1) is 21.2. The average molecular weight is 331 g/mol. The molecule has 0 aliphatic rings. The third kappa shape index (κ3) is 5.70. The van der Waals surface area contributed by atoms with Crippen molar-refractivity contribution in [3.05, 3.63) is 0 Å². The zero-order valence-electron chi connectivity index (χ0n) is 13.7. The van der Waals surface area contributed by atoms with E-state index in [4.69, 9.17) is 11.5 Å². The van der Waals surface area contributed by atoms with Gasteiger partial charge in [0, 0.05) is 6.42 Å². The molecule has 6 N–H and O–H groups in total. The Morgan fingerprint density at radius 1 is 1.00 bits per heavy atom. The van der Waals surface area contributed by atoms with Crippen LogP contribution in [0, 0.1) is 5.92 Å². The molecule has 0 aromatic heterocycles. The summed E-state index contributed by atoms with van der Waals surface area (Å²) in [6.07, 6.45) is -1.64. The van der Waals surface area contributed by atoms with Crippen LogP contribution in [0.5, 0.6) is 0 Å². The number of carboxylic acid groups (broad SMARTS) is 1. The van der Waals surface area contributed by atoms with Crippen LogP contribution in [0.25, 0.3) is 0 Å². The lowest BCUT2D eigenvalue weighted by Gasteiger charge is -2.31. The third-order valence-electron chi connectivity index (χ3n) is 3.16. The highest BCUT2D eigenvalue weighted by atomic mass is 16.4. The van der Waals surface area contributed by atoms with Crippen molar-refractivity contribution < 1.29 is 29.4 Å². The third-order valence-corrected chi connectivity index (χ3v) is 3.16. The van der Waals surface area contributed by atoms with Gasteiger partial charge < -0.3 is 21.7 Å². The number of aliphatic hydroxyl groups is 1. The van der Waals surface area contributed by atoms with E-state index in [-0.39, 0.29) is 5.92 Å². The van der Waals surface area contributed by atoms with E-state index in [0.717, 1.165) is 0 Å². The number of carboxylic acids is 1. The van der Waals surface area contributed by atoms with E-state index in [0.29, 0.717) is 4.90 Å². The van der Waals surface area contributed by atoms with Gasteiger partial charge in [-0.2, -0.15) is 0 Å². The van der Waals surface area contributed by atoms with E-state index in [1.807, 2.05) is 0 Å². The number of aliphatic hydroxyl groups excluding tert-OH is 1. The smallest absolute Gasteiger partial charge is 0.334 e. The van der Waals surface area contributed by atoms with E-state index >= 15 is 0 Å². The first-order valence-electron chi connectivity index (χ1n) is 7.23. The van der Waals surface area contributed by atoms with Gasteiger partial charge >= 0.3 is 5.97 Å². The lowest BCUT2D eigenvalue weighted by atomic mass is 9.99. The summed E-state index contributed by atoms with van der Waals surface area (Å²) in [6.45, 7) is 5.78. The molecule has 0 fully saturated rings. The van der Waals surface area contributed by atoms with Crippen molar-refractivity contribution in [2.75, 3.05) is 0 Å². The molecule has 0 radical (unpaired) electrons. The second-order valence-corrected chi connectivity index (χ2v) is 5.87. The quantitative estimate of drug-likeness (QED) is 0.389. The Balaban J connectivity index is 5.87. The number of hydrogen-bond acceptors (Lipinski definition) is 7. The van der Waals surface area contributed by atoms with Crippen molar-refractivity contribution in [2.45, 2.75) is 58.3 Å². The molecule has 0 rings (SSSR count). The van der Waals surface area contributed by atoms with Gasteiger partial charge in [0.1, 0.15) is 0 Å². The fourth-order valence-corrected chi connectivity index (χ4v) is 1.82. The van der Waals surface area contributed by atoms with Gasteiger partial charge in [-0.3, -0.25) is 19.3 Å². The Labute approximate surface area is 134 Å². The summed E-state index contributed by atoms with van der Waals surface area (Å²) in [4.78, 5) is 48.5. The lowest BCUT2D eigenvalue weighted by molar-refractivity contribution is -0.163. The van der Waals surface area contributed by atoms with Crippen LogP contribution in [0.2, 0.25) is 0 Å². The molecule has 0 spiro atoms. The maximum atomic E-state index is 12.4. The largest absolute Gasteiger partial charge is 0.479 e. The van der Waals surface area contributed by atoms with Gasteiger partial charge in [-0.25, -0.2) is 4.79 Å². The van der Waals surface area contributed by atoms with Crippen LogP contribution in [0.3, 0.4) is 0 Å². The Bertz CT molecular complexity index is 475. The minimum Gasteiger partial charge on any atom is -0.479 e. The zero-order chi connectivity index (χ0) is 18.5. The van der Waals surface area contributed by atoms with Gasteiger partial charge in [-0.1, -0.05) is 13.8 Å². The Kier molecular flexibility index (Phi) is 8.01. The fraction of sp³-hybridized carbons (Fsp3) is 0.714. The molecule has 9 nitrogen and oxygen atoms in total. The first-order chi connectivity index (χ1) is 10.4. The molecular formula is C14H25N3O6. The summed E-state index contributed by atoms with van der Waals surface area (Å²) in [5.41, 5.74) is 11.2. The van der Waals surface area contributed by atoms with Gasteiger partial charge in [-0.15, -0.1) is 0 Å². The van der Waals surface area contributed by atoms with Crippen molar-refractivity contribution in [1.29, 1.82) is 0 Å². The molecule has 4 atom stereocenters. The van der Waals surface area contributed by atoms with Crippen LogP contribution in [0.1, 0.15) is 34.1 Å². The fourth-order valence-electron chi connectivity index (χ4n) is 1.82. The Hall–Kier alpha value is -1.84. The summed E-state index contributed by atoms with van der Waals surface area (Å²) in [6, 6.07) is -4.43. The normalized spacial score (nSPS) is 16.3. The van der Waals surface area contributed by atoms with Crippen molar-refractivity contribution >= 4 is 23.6 Å². The molecular weight excluding hydrogens is 306 g/mol. The monoisotopic (exact) mass is 331 g/mol. The van der Waals surface area contributed by atoms with E-state index in [9.17, 15) is 29.4 Å². The van der Waals surface area contributed by atoms with Crippen LogP contribution in [-0.4, -0.2) is 62.9 Å². The molecule has 0 aliphatic heterocycles. The van der Waals surface area contributed by atoms with E-state index in [1.165, 1.54) is 13.8 Å². The van der Waals surface area contributed by atoms with Crippen LogP contribution in [-0.2, 0) is 19.2 Å². The highest BCUT2D eigenvalue weighted by Gasteiger charge is 2.42. The number of aliphatic carboxylic acids is 1. The van der Waals surface area contributed by atoms with Gasteiger partial charge in [-0.05, 0) is 19.8 Å². The molecule has 0 aliphatic carbocycles. The van der Waals surface area contributed by atoms with Crippen molar-refractivity contribution in [1.82, 2.24) is 4.90 Å². The van der Waals surface area contributed by atoms with Crippen molar-refractivity contribution in [2.24, 2.45) is 17.4 Å². The molecule has 0 saturated heterocycles. The van der Waals surface area contributed by atoms with E-state index < -0.39 is 54.2 Å². The number of nitrogens with zero attached hydrogens (tertiary/aromatic N) is 1. The number of imide groups is 1. The molecule has 0 aromatic rings. The number of carbonyl (C=O) groups is 4. The molecule has 0 heterocycles. The predicted octanol–water partition coefficient (Wildman–Crippen LogP) is -1.53. The average Bonchev–Trinajstić information content (AvgIpc) is 2.40. The number of carbonyl (C=O) groups excluding carboxylic acids is 3. The summed E-state index contributed by atoms with van der Waals surface area (Å²) in [5.74, 6) is -5.06.